The van der Waals surface area contributed by atoms with Crippen LogP contribution in [0.25, 0.3) is 0 Å². The Labute approximate surface area is 106 Å². The van der Waals surface area contributed by atoms with Crippen LogP contribution in [-0.4, -0.2) is 31.5 Å². The van der Waals surface area contributed by atoms with E-state index >= 15 is 0 Å². The number of aromatic nitrogens is 5. The van der Waals surface area contributed by atoms with Gasteiger partial charge in [-0.25, -0.2) is 4.98 Å². The maximum atomic E-state index is 4.31. The molecule has 96 valence electrons. The lowest BCUT2D eigenvalue weighted by Crippen LogP contribution is -2.24. The Morgan fingerprint density at radius 1 is 1.33 bits per heavy atom. The summed E-state index contributed by atoms with van der Waals surface area (Å²) in [7, 11) is 0. The van der Waals surface area contributed by atoms with Crippen molar-refractivity contribution in [1.29, 1.82) is 0 Å². The van der Waals surface area contributed by atoms with Crippen molar-refractivity contribution < 1.29 is 0 Å². The van der Waals surface area contributed by atoms with Crippen molar-refractivity contribution in [2.45, 2.75) is 32.9 Å². The van der Waals surface area contributed by atoms with E-state index in [9.17, 15) is 0 Å². The second kappa shape index (κ2) is 6.20. The Morgan fingerprint density at radius 2 is 2.22 bits per heavy atom. The first-order chi connectivity index (χ1) is 8.85. The Kier molecular flexibility index (Phi) is 4.35. The molecular weight excluding hydrogens is 228 g/mol. The molecule has 6 heteroatoms. The van der Waals surface area contributed by atoms with Gasteiger partial charge in [0, 0.05) is 25.2 Å². The van der Waals surface area contributed by atoms with Crippen LogP contribution >= 0.6 is 0 Å². The quantitative estimate of drug-likeness (QED) is 0.823. The first-order valence-electron chi connectivity index (χ1n) is 6.21. The van der Waals surface area contributed by atoms with Gasteiger partial charge < -0.3 is 5.32 Å². The van der Waals surface area contributed by atoms with E-state index in [0.29, 0.717) is 0 Å². The van der Waals surface area contributed by atoms with Crippen LogP contribution in [0.2, 0.25) is 0 Å². The van der Waals surface area contributed by atoms with E-state index in [1.807, 2.05) is 10.7 Å². The lowest BCUT2D eigenvalue weighted by Gasteiger charge is -2.17. The number of rotatable bonds is 6. The highest BCUT2D eigenvalue weighted by atomic mass is 15.3. The van der Waals surface area contributed by atoms with Gasteiger partial charge in [0.2, 0.25) is 0 Å². The Hall–Kier alpha value is -1.82. The van der Waals surface area contributed by atoms with Crippen LogP contribution in [-0.2, 0) is 13.0 Å². The Bertz CT molecular complexity index is 466. The number of hydrogen-bond acceptors (Lipinski definition) is 5. The second-order valence-corrected chi connectivity index (χ2v) is 3.98. The summed E-state index contributed by atoms with van der Waals surface area (Å²) in [6.45, 7) is 5.89. The molecule has 0 spiro atoms. The summed E-state index contributed by atoms with van der Waals surface area (Å²) in [5, 5.41) is 15.4. The van der Waals surface area contributed by atoms with E-state index in [2.05, 4.69) is 39.4 Å². The molecule has 0 bridgehead atoms. The summed E-state index contributed by atoms with van der Waals surface area (Å²) in [5.41, 5.74) is 1.12. The summed E-state index contributed by atoms with van der Waals surface area (Å²) >= 11 is 0. The van der Waals surface area contributed by atoms with Crippen LogP contribution < -0.4 is 5.32 Å². The molecular formula is C12H18N6. The number of nitrogens with one attached hydrogen (secondary N) is 1. The van der Waals surface area contributed by atoms with Crippen LogP contribution in [0.3, 0.4) is 0 Å². The van der Waals surface area contributed by atoms with Gasteiger partial charge in [-0.1, -0.05) is 6.92 Å². The van der Waals surface area contributed by atoms with Crippen molar-refractivity contribution in [3.05, 3.63) is 36.2 Å². The van der Waals surface area contributed by atoms with E-state index in [1.54, 1.807) is 18.7 Å². The molecule has 1 unspecified atom stereocenters. The normalized spacial score (nSPS) is 12.6. The zero-order valence-electron chi connectivity index (χ0n) is 10.7. The van der Waals surface area contributed by atoms with E-state index in [4.69, 9.17) is 0 Å². The standard InChI is InChI=1S/C12H18N6/c1-3-13-11(10-5-6-15-16-8-10)7-12-14-9-17-18(12)4-2/h5-6,8-9,11,13H,3-4,7H2,1-2H3. The highest BCUT2D eigenvalue weighted by molar-refractivity contribution is 5.13. The summed E-state index contributed by atoms with van der Waals surface area (Å²) in [6, 6.07) is 2.17. The average molecular weight is 246 g/mol. The van der Waals surface area contributed by atoms with Gasteiger partial charge in [0.05, 0.1) is 6.20 Å². The molecule has 2 aromatic heterocycles. The maximum Gasteiger partial charge on any atom is 0.138 e. The molecule has 2 rings (SSSR count). The van der Waals surface area contributed by atoms with Gasteiger partial charge in [-0.2, -0.15) is 15.3 Å². The number of nitrogens with zero attached hydrogens (tertiary/aromatic N) is 5. The van der Waals surface area contributed by atoms with Gasteiger partial charge in [0.25, 0.3) is 0 Å². The van der Waals surface area contributed by atoms with Gasteiger partial charge in [-0.3, -0.25) is 4.68 Å². The van der Waals surface area contributed by atoms with Crippen molar-refractivity contribution >= 4 is 0 Å². The summed E-state index contributed by atoms with van der Waals surface area (Å²) in [4.78, 5) is 4.31. The van der Waals surface area contributed by atoms with Crippen molar-refractivity contribution in [1.82, 2.24) is 30.3 Å². The minimum atomic E-state index is 0.194. The molecule has 0 saturated heterocycles. The van der Waals surface area contributed by atoms with Crippen molar-refractivity contribution in [3.63, 3.8) is 0 Å². The van der Waals surface area contributed by atoms with Crippen LogP contribution in [0.4, 0.5) is 0 Å². The molecule has 18 heavy (non-hydrogen) atoms. The fourth-order valence-electron chi connectivity index (χ4n) is 1.95. The first-order valence-corrected chi connectivity index (χ1v) is 6.21. The zero-order valence-corrected chi connectivity index (χ0v) is 10.7. The molecule has 6 nitrogen and oxygen atoms in total. The highest BCUT2D eigenvalue weighted by Gasteiger charge is 2.14. The average Bonchev–Trinajstić information content (AvgIpc) is 2.86. The van der Waals surface area contributed by atoms with E-state index in [0.717, 1.165) is 30.9 Å². The first kappa shape index (κ1) is 12.6. The van der Waals surface area contributed by atoms with Gasteiger partial charge in [0.1, 0.15) is 12.2 Å². The molecule has 0 amide bonds. The topological polar surface area (TPSA) is 68.5 Å². The third-order valence-corrected chi connectivity index (χ3v) is 2.84. The molecule has 2 heterocycles. The van der Waals surface area contributed by atoms with Crippen LogP contribution in [0.15, 0.2) is 24.8 Å². The molecule has 1 atom stereocenters. The zero-order chi connectivity index (χ0) is 12.8. The molecule has 0 aliphatic carbocycles. The molecule has 0 radical (unpaired) electrons. The molecule has 2 aromatic rings. The van der Waals surface area contributed by atoms with Crippen LogP contribution in [0, 0.1) is 0 Å². The fourth-order valence-corrected chi connectivity index (χ4v) is 1.95. The highest BCUT2D eigenvalue weighted by Crippen LogP contribution is 2.15. The minimum absolute atomic E-state index is 0.194. The van der Waals surface area contributed by atoms with E-state index in [-0.39, 0.29) is 6.04 Å². The van der Waals surface area contributed by atoms with Gasteiger partial charge in [-0.05, 0) is 25.1 Å². The van der Waals surface area contributed by atoms with Gasteiger partial charge in [0.15, 0.2) is 0 Å². The maximum absolute atomic E-state index is 4.31. The molecule has 0 fully saturated rings. The molecule has 0 aromatic carbocycles. The van der Waals surface area contributed by atoms with Gasteiger partial charge >= 0.3 is 0 Å². The van der Waals surface area contributed by atoms with Crippen molar-refractivity contribution in [3.8, 4) is 0 Å². The largest absolute Gasteiger partial charge is 0.310 e. The molecule has 1 N–H and O–H groups in total. The Morgan fingerprint density at radius 3 is 2.89 bits per heavy atom. The summed E-state index contributed by atoms with van der Waals surface area (Å²) < 4.78 is 1.92. The van der Waals surface area contributed by atoms with Crippen molar-refractivity contribution in [2.75, 3.05) is 6.54 Å². The Balaban J connectivity index is 2.16. The minimum Gasteiger partial charge on any atom is -0.310 e. The SMILES string of the molecule is CCNC(Cc1ncnn1CC)c1ccnnc1. The number of likely N-dealkylation sites (N-methyl/N-ethyl adjacent to an activating group) is 1. The lowest BCUT2D eigenvalue weighted by atomic mass is 10.1. The monoisotopic (exact) mass is 246 g/mol. The summed E-state index contributed by atoms with van der Waals surface area (Å²) in [5.74, 6) is 0.986. The van der Waals surface area contributed by atoms with Gasteiger partial charge in [-0.15, -0.1) is 0 Å². The van der Waals surface area contributed by atoms with Crippen LogP contribution in [0.5, 0.6) is 0 Å². The third-order valence-electron chi connectivity index (χ3n) is 2.84. The predicted molar refractivity (Wildman–Crippen MR) is 67.8 cm³/mol. The fraction of sp³-hybridized carbons (Fsp3) is 0.500. The summed E-state index contributed by atoms with van der Waals surface area (Å²) in [6.07, 6.45) is 5.91. The van der Waals surface area contributed by atoms with E-state index < -0.39 is 0 Å². The number of aryl methyl sites for hydroxylation is 1. The third kappa shape index (κ3) is 2.89. The molecule has 0 aliphatic rings. The van der Waals surface area contributed by atoms with E-state index in [1.165, 1.54) is 0 Å². The smallest absolute Gasteiger partial charge is 0.138 e. The number of hydrogen-bond donors (Lipinski definition) is 1. The van der Waals surface area contributed by atoms with Crippen LogP contribution in [0.1, 0.15) is 31.3 Å². The second-order valence-electron chi connectivity index (χ2n) is 3.98. The van der Waals surface area contributed by atoms with Crippen molar-refractivity contribution in [2.24, 2.45) is 0 Å². The lowest BCUT2D eigenvalue weighted by molar-refractivity contribution is 0.507. The predicted octanol–water partition coefficient (Wildman–Crippen LogP) is 0.981. The molecule has 0 saturated carbocycles. The molecule has 0 aliphatic heterocycles.